The minimum Gasteiger partial charge on any atom is -0.443 e. The zero-order chi connectivity index (χ0) is 41.0. The average Bonchev–Trinajstić information content (AvgIpc) is 3.61. The Labute approximate surface area is 341 Å². The molecule has 1 saturated carbocycles. The first kappa shape index (κ1) is 43.4. The Morgan fingerprint density at radius 2 is 1.39 bits per heavy atom. The number of hydrogen-bond acceptors (Lipinski definition) is 9. The van der Waals surface area contributed by atoms with Crippen molar-refractivity contribution in [3.63, 3.8) is 0 Å². The van der Waals surface area contributed by atoms with Gasteiger partial charge in [-0.05, 0) is 114 Å². The molecule has 0 spiro atoms. The maximum absolute atomic E-state index is 14.6. The van der Waals surface area contributed by atoms with Crippen molar-refractivity contribution in [2.24, 2.45) is 11.8 Å². The van der Waals surface area contributed by atoms with Crippen molar-refractivity contribution in [3.05, 3.63) is 54.7 Å². The number of ether oxygens (including phenoxy) is 1. The molecule has 0 radical (unpaired) electrons. The number of carbonyl (C=O) groups is 1. The van der Waals surface area contributed by atoms with E-state index >= 15 is 0 Å². The van der Waals surface area contributed by atoms with Crippen LogP contribution in [0.1, 0.15) is 72.6 Å². The monoisotopic (exact) mass is 827 g/mol. The molecule has 1 aliphatic carbocycles. The smallest absolute Gasteiger partial charge is 0.418 e. The molecule has 15 heteroatoms. The predicted molar refractivity (Wildman–Crippen MR) is 229 cm³/mol. The molecular formula is C42H65N7O6S2. The van der Waals surface area contributed by atoms with Crippen molar-refractivity contribution in [1.82, 2.24) is 22.4 Å². The number of fused-ring (bicyclic) bond motifs is 1. The van der Waals surface area contributed by atoms with Crippen LogP contribution in [0.2, 0.25) is 0 Å². The van der Waals surface area contributed by atoms with Crippen molar-refractivity contribution in [3.8, 4) is 0 Å². The van der Waals surface area contributed by atoms with Gasteiger partial charge in [0.15, 0.2) is 0 Å². The molecule has 0 amide bonds. The van der Waals surface area contributed by atoms with E-state index in [4.69, 9.17) is 4.74 Å². The lowest BCUT2D eigenvalue weighted by atomic mass is 9.89. The zero-order valence-electron chi connectivity index (χ0n) is 35.0. The van der Waals surface area contributed by atoms with Crippen LogP contribution in [0.25, 0.3) is 10.9 Å². The molecule has 2 aliphatic heterocycles. The third-order valence-corrected chi connectivity index (χ3v) is 15.4. The normalized spacial score (nSPS) is 21.6. The van der Waals surface area contributed by atoms with Gasteiger partial charge in [0.2, 0.25) is 10.0 Å². The summed E-state index contributed by atoms with van der Waals surface area (Å²) in [5.41, 5.74) is 1.98. The Morgan fingerprint density at radius 1 is 0.754 bits per heavy atom. The van der Waals surface area contributed by atoms with E-state index in [0.29, 0.717) is 45.2 Å². The number of nitrogens with zero attached hydrogens (tertiary/aromatic N) is 7. The lowest BCUT2D eigenvalue weighted by Gasteiger charge is -2.39. The zero-order valence-corrected chi connectivity index (χ0v) is 36.6. The van der Waals surface area contributed by atoms with Gasteiger partial charge < -0.3 is 19.4 Å². The predicted octanol–water partition coefficient (Wildman–Crippen LogP) is 6.16. The van der Waals surface area contributed by atoms with E-state index in [1.807, 2.05) is 83.1 Å². The molecule has 13 nitrogen and oxygen atoms in total. The number of benzene rings is 2. The minimum atomic E-state index is -3.86. The fourth-order valence-electron chi connectivity index (χ4n) is 8.62. The molecule has 3 aromatic rings. The van der Waals surface area contributed by atoms with Crippen molar-refractivity contribution in [2.45, 2.75) is 83.1 Å². The molecule has 1 atom stereocenters. The minimum absolute atomic E-state index is 0.229. The highest BCUT2D eigenvalue weighted by Gasteiger charge is 2.35. The van der Waals surface area contributed by atoms with Gasteiger partial charge in [0.25, 0.3) is 10.2 Å². The molecule has 316 valence electrons. The first-order chi connectivity index (χ1) is 27.0. The Balaban J connectivity index is 1.19. The average molecular weight is 828 g/mol. The summed E-state index contributed by atoms with van der Waals surface area (Å²) >= 11 is 0. The number of anilines is 2. The molecule has 3 heterocycles. The summed E-state index contributed by atoms with van der Waals surface area (Å²) in [5.74, 6) is 0.390. The fourth-order valence-corrected chi connectivity index (χ4v) is 12.0. The number of sulfonamides is 1. The topological polar surface area (TPSA) is 119 Å². The second kappa shape index (κ2) is 18.4. The molecule has 1 aromatic heterocycles. The van der Waals surface area contributed by atoms with Crippen LogP contribution in [-0.4, -0.2) is 137 Å². The quantitative estimate of drug-likeness (QED) is 0.263. The van der Waals surface area contributed by atoms with Crippen LogP contribution in [0.15, 0.2) is 59.6 Å². The first-order valence-electron chi connectivity index (χ1n) is 20.9. The number of piperazine rings is 1. The third-order valence-electron chi connectivity index (χ3n) is 11.6. The van der Waals surface area contributed by atoms with E-state index in [-0.39, 0.29) is 23.9 Å². The Bertz CT molecular complexity index is 2020. The van der Waals surface area contributed by atoms with Crippen LogP contribution >= 0.6 is 0 Å². The number of rotatable bonds is 8. The summed E-state index contributed by atoms with van der Waals surface area (Å²) in [6.45, 7) is 12.8. The van der Waals surface area contributed by atoms with E-state index in [1.165, 1.54) is 36.7 Å². The number of hydrogen-bond donors (Lipinski definition) is 0. The van der Waals surface area contributed by atoms with Crippen LogP contribution in [-0.2, 0) is 25.0 Å². The highest BCUT2D eigenvalue weighted by atomic mass is 32.2. The van der Waals surface area contributed by atoms with Gasteiger partial charge in [-0.3, -0.25) is 4.57 Å². The van der Waals surface area contributed by atoms with E-state index in [2.05, 4.69) is 9.80 Å². The fraction of sp³-hybridized carbons (Fsp3) is 0.643. The second-order valence-electron chi connectivity index (χ2n) is 17.5. The summed E-state index contributed by atoms with van der Waals surface area (Å²) in [5, 5.41) is 0.905. The van der Waals surface area contributed by atoms with Gasteiger partial charge >= 0.3 is 6.09 Å². The molecule has 6 rings (SSSR count). The van der Waals surface area contributed by atoms with Gasteiger partial charge in [-0.25, -0.2) is 13.2 Å². The molecule has 3 fully saturated rings. The maximum atomic E-state index is 14.6. The molecule has 2 saturated heterocycles. The Morgan fingerprint density at radius 3 is 2.02 bits per heavy atom. The van der Waals surface area contributed by atoms with Crippen LogP contribution in [0.5, 0.6) is 0 Å². The van der Waals surface area contributed by atoms with Crippen molar-refractivity contribution >= 4 is 48.6 Å². The highest BCUT2D eigenvalue weighted by Crippen LogP contribution is 2.31. The van der Waals surface area contributed by atoms with E-state index in [9.17, 15) is 21.6 Å². The SMILES string of the molecule is C[C@H]1CN(S(=O)(=O)c2ccc(N(C)C)cc2)CCCN(CC2CCCCC2)CCCN(S(=O)(=O)N2CCN(c3cccc4c3ccn4C(=O)OC(C)(C)C)CC2)C1. The summed E-state index contributed by atoms with van der Waals surface area (Å²) in [6.07, 6.45) is 8.95. The van der Waals surface area contributed by atoms with Gasteiger partial charge in [-0.2, -0.15) is 21.3 Å². The third kappa shape index (κ3) is 10.7. The first-order valence-corrected chi connectivity index (χ1v) is 23.7. The summed E-state index contributed by atoms with van der Waals surface area (Å²) in [6, 6.07) is 14.7. The van der Waals surface area contributed by atoms with Crippen molar-refractivity contribution in [1.29, 1.82) is 0 Å². The summed E-state index contributed by atoms with van der Waals surface area (Å²) in [4.78, 5) is 19.8. The molecule has 2 aromatic carbocycles. The van der Waals surface area contributed by atoms with Crippen LogP contribution < -0.4 is 9.80 Å². The van der Waals surface area contributed by atoms with Crippen LogP contribution in [0.3, 0.4) is 0 Å². The molecule has 3 aliphatic rings. The number of aromatic nitrogens is 1. The van der Waals surface area contributed by atoms with Crippen LogP contribution in [0.4, 0.5) is 16.2 Å². The lowest BCUT2D eigenvalue weighted by molar-refractivity contribution is 0.0544. The number of carbonyl (C=O) groups excluding carboxylic acids is 1. The molecule has 0 unspecified atom stereocenters. The molecular weight excluding hydrogens is 763 g/mol. The summed E-state index contributed by atoms with van der Waals surface area (Å²) < 4.78 is 69.5. The molecule has 57 heavy (non-hydrogen) atoms. The van der Waals surface area contributed by atoms with Gasteiger partial charge in [0.1, 0.15) is 5.60 Å². The Hall–Kier alpha value is -3.21. The van der Waals surface area contributed by atoms with Crippen LogP contribution in [0, 0.1) is 11.8 Å². The maximum Gasteiger partial charge on any atom is 0.418 e. The van der Waals surface area contributed by atoms with E-state index < -0.39 is 31.9 Å². The second-order valence-corrected chi connectivity index (χ2v) is 21.4. The Kier molecular flexibility index (Phi) is 14.0. The van der Waals surface area contributed by atoms with Gasteiger partial charge in [-0.15, -0.1) is 0 Å². The van der Waals surface area contributed by atoms with E-state index in [0.717, 1.165) is 54.8 Å². The largest absolute Gasteiger partial charge is 0.443 e. The van der Waals surface area contributed by atoms with E-state index in [1.54, 1.807) is 31.2 Å². The van der Waals surface area contributed by atoms with Crippen molar-refractivity contribution in [2.75, 3.05) is 95.9 Å². The standard InChI is InChI=1S/C42H65N7O6S2/c1-34-31-47(56(51,52)37-19-17-36(18-20-37)43(5)6)24-11-22-44(33-35-13-8-7-9-14-35)23-12-25-48(32-34)57(53,54)46-29-27-45(28-30-46)39-15-10-16-40-38(39)21-26-49(40)41(50)55-42(2,3)4/h10,15-21,26,34-35H,7-9,11-14,22-25,27-33H2,1-6H3/t34-/m0/s1. The highest BCUT2D eigenvalue weighted by molar-refractivity contribution is 7.89. The lowest BCUT2D eigenvalue weighted by Crippen LogP contribution is -2.54. The van der Waals surface area contributed by atoms with Gasteiger partial charge in [0.05, 0.1) is 10.4 Å². The van der Waals surface area contributed by atoms with Crippen molar-refractivity contribution < 1.29 is 26.4 Å². The summed E-state index contributed by atoms with van der Waals surface area (Å²) in [7, 11) is -3.83. The van der Waals surface area contributed by atoms with Gasteiger partial charge in [0, 0.05) is 96.0 Å². The molecule has 0 bridgehead atoms. The molecule has 0 N–H and O–H groups in total. The van der Waals surface area contributed by atoms with Gasteiger partial charge in [-0.1, -0.05) is 32.3 Å².